The van der Waals surface area contributed by atoms with E-state index in [-0.39, 0.29) is 0 Å². The SMILES string of the molecule is N#Cc1cccc(NC(=O)NC(C(N)=O)C(N)=O)c1. The molecular weight excluding hydrogens is 250 g/mol. The van der Waals surface area contributed by atoms with Gasteiger partial charge in [-0.1, -0.05) is 6.07 Å². The average molecular weight is 261 g/mol. The smallest absolute Gasteiger partial charge is 0.320 e. The van der Waals surface area contributed by atoms with E-state index >= 15 is 0 Å². The highest BCUT2D eigenvalue weighted by Gasteiger charge is 2.23. The maximum atomic E-state index is 11.5. The van der Waals surface area contributed by atoms with E-state index in [4.69, 9.17) is 16.7 Å². The quantitative estimate of drug-likeness (QED) is 0.514. The molecule has 0 saturated heterocycles. The Hall–Kier alpha value is -3.08. The van der Waals surface area contributed by atoms with Crippen molar-refractivity contribution in [2.24, 2.45) is 11.5 Å². The highest BCUT2D eigenvalue weighted by molar-refractivity contribution is 6.06. The van der Waals surface area contributed by atoms with Gasteiger partial charge in [-0.3, -0.25) is 9.59 Å². The molecule has 0 heterocycles. The number of rotatable bonds is 4. The Morgan fingerprint density at radius 2 is 1.84 bits per heavy atom. The Bertz CT molecular complexity index is 550. The van der Waals surface area contributed by atoms with Crippen molar-refractivity contribution in [2.45, 2.75) is 6.04 Å². The second kappa shape index (κ2) is 6.02. The van der Waals surface area contributed by atoms with Gasteiger partial charge in [-0.25, -0.2) is 4.79 Å². The number of nitrogens with zero attached hydrogens (tertiary/aromatic N) is 1. The van der Waals surface area contributed by atoms with E-state index in [2.05, 4.69) is 5.32 Å². The molecule has 1 aromatic carbocycles. The molecule has 0 aliphatic rings. The molecule has 0 bridgehead atoms. The number of benzene rings is 1. The molecule has 8 nitrogen and oxygen atoms in total. The van der Waals surface area contributed by atoms with Gasteiger partial charge in [0.05, 0.1) is 11.6 Å². The molecule has 0 saturated carbocycles. The molecule has 0 fully saturated rings. The summed E-state index contributed by atoms with van der Waals surface area (Å²) >= 11 is 0. The highest BCUT2D eigenvalue weighted by atomic mass is 16.2. The Morgan fingerprint density at radius 1 is 1.21 bits per heavy atom. The van der Waals surface area contributed by atoms with Crippen LogP contribution < -0.4 is 22.1 Å². The lowest BCUT2D eigenvalue weighted by Gasteiger charge is -2.12. The monoisotopic (exact) mass is 261 g/mol. The van der Waals surface area contributed by atoms with Crippen LogP contribution >= 0.6 is 0 Å². The summed E-state index contributed by atoms with van der Waals surface area (Å²) in [5, 5.41) is 13.0. The van der Waals surface area contributed by atoms with Crippen LogP contribution in [0.3, 0.4) is 0 Å². The van der Waals surface area contributed by atoms with Crippen molar-refractivity contribution in [2.75, 3.05) is 5.32 Å². The Morgan fingerprint density at radius 3 is 2.37 bits per heavy atom. The first-order valence-corrected chi connectivity index (χ1v) is 5.10. The van der Waals surface area contributed by atoms with Crippen LogP contribution in [-0.4, -0.2) is 23.9 Å². The predicted molar refractivity (Wildman–Crippen MR) is 65.5 cm³/mol. The number of hydrogen-bond acceptors (Lipinski definition) is 4. The van der Waals surface area contributed by atoms with Crippen LogP contribution in [0, 0.1) is 11.3 Å². The lowest BCUT2D eigenvalue weighted by atomic mass is 10.2. The minimum absolute atomic E-state index is 0.323. The van der Waals surface area contributed by atoms with E-state index in [0.717, 1.165) is 0 Å². The summed E-state index contributed by atoms with van der Waals surface area (Å²) < 4.78 is 0. The zero-order valence-corrected chi connectivity index (χ0v) is 9.71. The van der Waals surface area contributed by atoms with E-state index in [1.165, 1.54) is 12.1 Å². The number of primary amides is 2. The molecule has 0 aromatic heterocycles. The fourth-order valence-corrected chi connectivity index (χ4v) is 1.25. The lowest BCUT2D eigenvalue weighted by molar-refractivity contribution is -0.128. The maximum Gasteiger partial charge on any atom is 0.320 e. The van der Waals surface area contributed by atoms with Gasteiger partial charge in [0.25, 0.3) is 0 Å². The molecular formula is C11H11N5O3. The minimum Gasteiger partial charge on any atom is -0.367 e. The molecule has 8 heteroatoms. The number of hydrogen-bond donors (Lipinski definition) is 4. The Balaban J connectivity index is 2.72. The number of nitrogens with two attached hydrogens (primary N) is 2. The first-order valence-electron chi connectivity index (χ1n) is 5.10. The molecule has 6 N–H and O–H groups in total. The van der Waals surface area contributed by atoms with E-state index in [1.807, 2.05) is 11.4 Å². The second-order valence-corrected chi connectivity index (χ2v) is 3.53. The van der Waals surface area contributed by atoms with E-state index in [1.54, 1.807) is 12.1 Å². The maximum absolute atomic E-state index is 11.5. The molecule has 0 aliphatic heterocycles. The molecule has 1 aromatic rings. The summed E-state index contributed by atoms with van der Waals surface area (Å²) in [4.78, 5) is 33.2. The molecule has 0 aliphatic carbocycles. The normalized spacial score (nSPS) is 9.47. The predicted octanol–water partition coefficient (Wildman–Crippen LogP) is -0.981. The fraction of sp³-hybridized carbons (Fsp3) is 0.0909. The van der Waals surface area contributed by atoms with Gasteiger partial charge < -0.3 is 22.1 Å². The lowest BCUT2D eigenvalue weighted by Crippen LogP contribution is -2.53. The number of anilines is 1. The second-order valence-electron chi connectivity index (χ2n) is 3.53. The Labute approximate surface area is 108 Å². The number of carbonyl (C=O) groups is 3. The van der Waals surface area contributed by atoms with Gasteiger partial charge >= 0.3 is 6.03 Å². The van der Waals surface area contributed by atoms with Crippen LogP contribution in [-0.2, 0) is 9.59 Å². The van der Waals surface area contributed by atoms with Crippen molar-refractivity contribution in [3.63, 3.8) is 0 Å². The fourth-order valence-electron chi connectivity index (χ4n) is 1.25. The first kappa shape index (κ1) is 14.0. The Kier molecular flexibility index (Phi) is 4.43. The molecule has 0 spiro atoms. The van der Waals surface area contributed by atoms with Crippen molar-refractivity contribution < 1.29 is 14.4 Å². The van der Waals surface area contributed by atoms with Gasteiger partial charge in [0.2, 0.25) is 11.8 Å². The zero-order chi connectivity index (χ0) is 14.4. The third kappa shape index (κ3) is 4.01. The molecule has 98 valence electrons. The van der Waals surface area contributed by atoms with E-state index < -0.39 is 23.9 Å². The number of nitrogens with one attached hydrogen (secondary N) is 2. The third-order valence-corrected chi connectivity index (χ3v) is 2.09. The molecule has 0 radical (unpaired) electrons. The van der Waals surface area contributed by atoms with Gasteiger partial charge in [-0.15, -0.1) is 0 Å². The molecule has 1 rings (SSSR count). The molecule has 0 atom stereocenters. The average Bonchev–Trinajstić information content (AvgIpc) is 2.35. The van der Waals surface area contributed by atoms with Crippen LogP contribution in [0.2, 0.25) is 0 Å². The topological polar surface area (TPSA) is 151 Å². The number of amides is 4. The van der Waals surface area contributed by atoms with E-state index in [0.29, 0.717) is 11.3 Å². The van der Waals surface area contributed by atoms with Gasteiger partial charge in [0.1, 0.15) is 0 Å². The molecule has 4 amide bonds. The van der Waals surface area contributed by atoms with Crippen molar-refractivity contribution in [3.05, 3.63) is 29.8 Å². The molecule has 19 heavy (non-hydrogen) atoms. The summed E-state index contributed by atoms with van der Waals surface area (Å²) in [5.41, 5.74) is 10.5. The number of urea groups is 1. The zero-order valence-electron chi connectivity index (χ0n) is 9.71. The van der Waals surface area contributed by atoms with Crippen LogP contribution in [0.15, 0.2) is 24.3 Å². The van der Waals surface area contributed by atoms with Crippen molar-refractivity contribution >= 4 is 23.5 Å². The van der Waals surface area contributed by atoms with E-state index in [9.17, 15) is 14.4 Å². The summed E-state index contributed by atoms with van der Waals surface area (Å²) in [6.07, 6.45) is 0. The molecule has 0 unspecified atom stereocenters. The summed E-state index contributed by atoms with van der Waals surface area (Å²) in [5.74, 6) is -2.12. The third-order valence-electron chi connectivity index (χ3n) is 2.09. The van der Waals surface area contributed by atoms with Crippen LogP contribution in [0.5, 0.6) is 0 Å². The number of carbonyl (C=O) groups excluding carboxylic acids is 3. The van der Waals surface area contributed by atoms with Gasteiger partial charge in [0, 0.05) is 5.69 Å². The van der Waals surface area contributed by atoms with Crippen molar-refractivity contribution in [3.8, 4) is 6.07 Å². The van der Waals surface area contributed by atoms with Gasteiger partial charge in [-0.2, -0.15) is 5.26 Å². The van der Waals surface area contributed by atoms with Crippen LogP contribution in [0.1, 0.15) is 5.56 Å². The summed E-state index contributed by atoms with van der Waals surface area (Å²) in [6, 6.07) is 5.53. The van der Waals surface area contributed by atoms with Crippen molar-refractivity contribution in [1.29, 1.82) is 5.26 Å². The standard InChI is InChI=1S/C11H11N5O3/c12-5-6-2-1-3-7(4-6)15-11(19)16-8(9(13)17)10(14)18/h1-4,8H,(H2,13,17)(H2,14,18)(H2,15,16,19). The van der Waals surface area contributed by atoms with Crippen molar-refractivity contribution in [1.82, 2.24) is 5.32 Å². The summed E-state index contributed by atoms with van der Waals surface area (Å²) in [6.45, 7) is 0. The van der Waals surface area contributed by atoms with Gasteiger partial charge in [0.15, 0.2) is 6.04 Å². The summed E-state index contributed by atoms with van der Waals surface area (Å²) in [7, 11) is 0. The first-order chi connectivity index (χ1) is 8.93. The largest absolute Gasteiger partial charge is 0.367 e. The number of nitriles is 1. The van der Waals surface area contributed by atoms with Crippen LogP contribution in [0.4, 0.5) is 10.5 Å². The van der Waals surface area contributed by atoms with Gasteiger partial charge in [-0.05, 0) is 18.2 Å². The minimum atomic E-state index is -1.60. The highest BCUT2D eigenvalue weighted by Crippen LogP contribution is 2.09. The van der Waals surface area contributed by atoms with Crippen LogP contribution in [0.25, 0.3) is 0 Å².